The zero-order chi connectivity index (χ0) is 17.1. The Balaban J connectivity index is 1.50. The van der Waals surface area contributed by atoms with Gasteiger partial charge in [-0.2, -0.15) is 0 Å². The van der Waals surface area contributed by atoms with Crippen molar-refractivity contribution in [2.24, 2.45) is 0 Å². The molecule has 24 heavy (non-hydrogen) atoms. The molecule has 0 aliphatic carbocycles. The monoisotopic (exact) mass is 346 g/mol. The molecule has 1 fully saturated rings. The summed E-state index contributed by atoms with van der Waals surface area (Å²) in [5.74, 6) is 0.145. The van der Waals surface area contributed by atoms with E-state index in [-0.39, 0.29) is 11.9 Å². The number of carbonyl (C=O) groups is 2. The number of nitrogens with zero attached hydrogens (tertiary/aromatic N) is 4. The smallest absolute Gasteiger partial charge is 0.319 e. The van der Waals surface area contributed by atoms with Crippen LogP contribution in [0.1, 0.15) is 11.4 Å². The molecule has 1 aromatic carbocycles. The minimum absolute atomic E-state index is 0.0107. The van der Waals surface area contributed by atoms with Gasteiger partial charge < -0.3 is 14.7 Å². The van der Waals surface area contributed by atoms with Crippen molar-refractivity contribution in [3.63, 3.8) is 0 Å². The fourth-order valence-electron chi connectivity index (χ4n) is 2.83. The third kappa shape index (κ3) is 3.67. The van der Waals surface area contributed by atoms with E-state index in [2.05, 4.69) is 11.1 Å². The molecular formula is C17H22N4O2S. The maximum absolute atomic E-state index is 12.4. The number of fused-ring (bicyclic) bond motifs is 1. The van der Waals surface area contributed by atoms with E-state index in [1.54, 1.807) is 35.2 Å². The molecule has 0 atom stereocenters. The highest BCUT2D eigenvalue weighted by Gasteiger charge is 2.24. The van der Waals surface area contributed by atoms with Crippen LogP contribution in [0.15, 0.2) is 24.3 Å². The minimum atomic E-state index is 0.0107. The van der Waals surface area contributed by atoms with Crippen molar-refractivity contribution in [3.8, 4) is 0 Å². The van der Waals surface area contributed by atoms with Gasteiger partial charge in [0.15, 0.2) is 0 Å². The maximum Gasteiger partial charge on any atom is 0.319 e. The van der Waals surface area contributed by atoms with Gasteiger partial charge >= 0.3 is 6.03 Å². The Morgan fingerprint density at radius 2 is 1.79 bits per heavy atom. The Kier molecular flexibility index (Phi) is 4.99. The number of para-hydroxylation sites is 1. The summed E-state index contributed by atoms with van der Waals surface area (Å²) in [6.45, 7) is 2.42. The minimum Gasteiger partial charge on any atom is -0.339 e. The first-order valence-electron chi connectivity index (χ1n) is 8.13. The predicted molar refractivity (Wildman–Crippen MR) is 95.2 cm³/mol. The van der Waals surface area contributed by atoms with Gasteiger partial charge in [0, 0.05) is 53.1 Å². The van der Waals surface area contributed by atoms with Gasteiger partial charge in [-0.05, 0) is 12.1 Å². The number of rotatable bonds is 3. The largest absolute Gasteiger partial charge is 0.339 e. The summed E-state index contributed by atoms with van der Waals surface area (Å²) in [5.41, 5.74) is 1.00. The van der Waals surface area contributed by atoms with Gasteiger partial charge in [0.05, 0.1) is 15.2 Å². The average molecular weight is 346 g/mol. The van der Waals surface area contributed by atoms with Crippen molar-refractivity contribution < 1.29 is 9.59 Å². The topological polar surface area (TPSA) is 56.8 Å². The van der Waals surface area contributed by atoms with Crippen LogP contribution in [0.4, 0.5) is 4.79 Å². The summed E-state index contributed by atoms with van der Waals surface area (Å²) >= 11 is 1.65. The standard InChI is InChI=1S/C17H22N4O2S/c1-19(2)17(23)21-11-9-20(10-12-21)16(22)8-7-15-18-13-5-3-4-6-14(13)24-15/h3-6H,7-12H2,1-2H3. The van der Waals surface area contributed by atoms with Crippen molar-refractivity contribution in [2.75, 3.05) is 40.3 Å². The number of hydrogen-bond acceptors (Lipinski definition) is 4. The summed E-state index contributed by atoms with van der Waals surface area (Å²) in [4.78, 5) is 34.1. The molecule has 6 nitrogen and oxygen atoms in total. The Bertz CT molecular complexity index is 702. The summed E-state index contributed by atoms with van der Waals surface area (Å²) in [6, 6.07) is 8.05. The van der Waals surface area contributed by atoms with Crippen LogP contribution >= 0.6 is 11.3 Å². The van der Waals surface area contributed by atoms with E-state index in [1.807, 2.05) is 23.1 Å². The summed E-state index contributed by atoms with van der Waals surface area (Å²) < 4.78 is 1.16. The van der Waals surface area contributed by atoms with E-state index in [4.69, 9.17) is 0 Å². The van der Waals surface area contributed by atoms with Crippen LogP contribution in [0.5, 0.6) is 0 Å². The van der Waals surface area contributed by atoms with E-state index in [0.29, 0.717) is 39.0 Å². The second kappa shape index (κ2) is 7.17. The second-order valence-electron chi connectivity index (χ2n) is 6.12. The molecule has 1 aliphatic rings. The van der Waals surface area contributed by atoms with Crippen molar-refractivity contribution in [3.05, 3.63) is 29.3 Å². The van der Waals surface area contributed by atoms with Gasteiger partial charge in [-0.1, -0.05) is 12.1 Å². The number of aryl methyl sites for hydroxylation is 1. The first-order chi connectivity index (χ1) is 11.5. The lowest BCUT2D eigenvalue weighted by Gasteiger charge is -2.36. The molecule has 128 valence electrons. The third-order valence-electron chi connectivity index (χ3n) is 4.18. The van der Waals surface area contributed by atoms with Crippen molar-refractivity contribution in [2.45, 2.75) is 12.8 Å². The van der Waals surface area contributed by atoms with Crippen molar-refractivity contribution >= 4 is 33.5 Å². The second-order valence-corrected chi connectivity index (χ2v) is 7.24. The molecule has 2 aromatic rings. The lowest BCUT2D eigenvalue weighted by Crippen LogP contribution is -2.52. The highest BCUT2D eigenvalue weighted by molar-refractivity contribution is 7.18. The SMILES string of the molecule is CN(C)C(=O)N1CCN(C(=O)CCc2nc3ccccc3s2)CC1. The van der Waals surface area contributed by atoms with Gasteiger partial charge in [-0.15, -0.1) is 11.3 Å². The van der Waals surface area contributed by atoms with E-state index < -0.39 is 0 Å². The van der Waals surface area contributed by atoms with Gasteiger partial charge in [-0.25, -0.2) is 9.78 Å². The number of thiazole rings is 1. The number of amides is 3. The van der Waals surface area contributed by atoms with Gasteiger partial charge in [-0.3, -0.25) is 4.79 Å². The van der Waals surface area contributed by atoms with Crippen LogP contribution in [0, 0.1) is 0 Å². The van der Waals surface area contributed by atoms with E-state index in [9.17, 15) is 9.59 Å². The first kappa shape index (κ1) is 16.7. The fraction of sp³-hybridized carbons (Fsp3) is 0.471. The van der Waals surface area contributed by atoms with Crippen LogP contribution in [0.2, 0.25) is 0 Å². The fourth-order valence-corrected chi connectivity index (χ4v) is 3.80. The van der Waals surface area contributed by atoms with Crippen LogP contribution in [0.25, 0.3) is 10.2 Å². The quantitative estimate of drug-likeness (QED) is 0.855. The molecule has 1 aromatic heterocycles. The highest BCUT2D eigenvalue weighted by Crippen LogP contribution is 2.22. The Morgan fingerprint density at radius 1 is 1.12 bits per heavy atom. The predicted octanol–water partition coefficient (Wildman–Crippen LogP) is 2.05. The molecule has 0 radical (unpaired) electrons. The molecule has 1 saturated heterocycles. The van der Waals surface area contributed by atoms with Crippen molar-refractivity contribution in [1.82, 2.24) is 19.7 Å². The normalized spacial score (nSPS) is 14.9. The number of piperazine rings is 1. The zero-order valence-electron chi connectivity index (χ0n) is 14.1. The molecule has 1 aliphatic heterocycles. The highest BCUT2D eigenvalue weighted by atomic mass is 32.1. The molecule has 3 amide bonds. The lowest BCUT2D eigenvalue weighted by molar-refractivity contribution is -0.132. The van der Waals surface area contributed by atoms with Gasteiger partial charge in [0.1, 0.15) is 0 Å². The number of aromatic nitrogens is 1. The average Bonchev–Trinajstić information content (AvgIpc) is 3.02. The molecule has 0 spiro atoms. The molecule has 3 rings (SSSR count). The zero-order valence-corrected chi connectivity index (χ0v) is 14.9. The van der Waals surface area contributed by atoms with E-state index in [0.717, 1.165) is 15.2 Å². The first-order valence-corrected chi connectivity index (χ1v) is 8.94. The number of benzene rings is 1. The summed E-state index contributed by atoms with van der Waals surface area (Å²) in [7, 11) is 3.50. The Hall–Kier alpha value is -2.15. The molecule has 0 N–H and O–H groups in total. The molecule has 0 unspecified atom stereocenters. The van der Waals surface area contributed by atoms with Crippen LogP contribution in [0.3, 0.4) is 0 Å². The van der Waals surface area contributed by atoms with E-state index in [1.165, 1.54) is 0 Å². The number of hydrogen-bond donors (Lipinski definition) is 0. The molecular weight excluding hydrogens is 324 g/mol. The third-order valence-corrected chi connectivity index (χ3v) is 5.27. The molecule has 7 heteroatoms. The number of urea groups is 1. The van der Waals surface area contributed by atoms with E-state index >= 15 is 0 Å². The van der Waals surface area contributed by atoms with Crippen molar-refractivity contribution in [1.29, 1.82) is 0 Å². The Labute approximate surface area is 145 Å². The molecule has 0 bridgehead atoms. The molecule has 2 heterocycles. The van der Waals surface area contributed by atoms with Crippen LogP contribution in [-0.4, -0.2) is 71.9 Å². The van der Waals surface area contributed by atoms with Crippen LogP contribution < -0.4 is 0 Å². The summed E-state index contributed by atoms with van der Waals surface area (Å²) in [5, 5.41) is 1.01. The summed E-state index contributed by atoms with van der Waals surface area (Å²) in [6.07, 6.45) is 1.15. The van der Waals surface area contributed by atoms with Gasteiger partial charge in [0.25, 0.3) is 0 Å². The maximum atomic E-state index is 12.4. The lowest BCUT2D eigenvalue weighted by atomic mass is 10.2. The Morgan fingerprint density at radius 3 is 2.46 bits per heavy atom. The van der Waals surface area contributed by atoms with Crippen LogP contribution in [-0.2, 0) is 11.2 Å². The number of carbonyl (C=O) groups excluding carboxylic acids is 2. The molecule has 0 saturated carbocycles. The van der Waals surface area contributed by atoms with Gasteiger partial charge in [0.2, 0.25) is 5.91 Å².